The number of H-pyrrole nitrogens is 1. The van der Waals surface area contributed by atoms with Crippen LogP contribution in [0.25, 0.3) is 0 Å². The summed E-state index contributed by atoms with van der Waals surface area (Å²) in [5, 5.41) is 3.12. The fourth-order valence-electron chi connectivity index (χ4n) is 1.36. The molecule has 0 saturated carbocycles. The maximum absolute atomic E-state index is 5.56. The van der Waals surface area contributed by atoms with Crippen molar-refractivity contribution in [1.29, 1.82) is 0 Å². The predicted molar refractivity (Wildman–Crippen MR) is 61.5 cm³/mol. The number of hydrogen-bond acceptors (Lipinski definition) is 6. The van der Waals surface area contributed by atoms with E-state index in [0.717, 1.165) is 5.82 Å². The monoisotopic (exact) mass is 219 g/mol. The average molecular weight is 219 g/mol. The molecule has 84 valence electrons. The molecular weight excluding hydrogens is 206 g/mol. The molecule has 2 aromatic rings. The number of hydrogen-bond donors (Lipinski definition) is 4. The Morgan fingerprint density at radius 3 is 2.81 bits per heavy atom. The van der Waals surface area contributed by atoms with Crippen molar-refractivity contribution in [3.63, 3.8) is 0 Å². The number of imidazole rings is 1. The highest BCUT2D eigenvalue weighted by Crippen LogP contribution is 2.16. The van der Waals surface area contributed by atoms with Gasteiger partial charge in [-0.3, -0.25) is 0 Å². The Morgan fingerprint density at radius 1 is 1.38 bits per heavy atom. The van der Waals surface area contributed by atoms with Crippen molar-refractivity contribution < 1.29 is 0 Å². The van der Waals surface area contributed by atoms with E-state index in [-0.39, 0.29) is 12.0 Å². The van der Waals surface area contributed by atoms with Gasteiger partial charge in [-0.25, -0.2) is 4.98 Å². The molecule has 0 spiro atoms. The van der Waals surface area contributed by atoms with Gasteiger partial charge >= 0.3 is 0 Å². The van der Waals surface area contributed by atoms with Crippen molar-refractivity contribution in [2.75, 3.05) is 16.8 Å². The molecule has 6 N–H and O–H groups in total. The van der Waals surface area contributed by atoms with Crippen LogP contribution in [0.5, 0.6) is 0 Å². The van der Waals surface area contributed by atoms with Gasteiger partial charge in [-0.05, 0) is 6.92 Å². The molecule has 1 atom stereocenters. The molecule has 7 nitrogen and oxygen atoms in total. The summed E-state index contributed by atoms with van der Waals surface area (Å²) in [7, 11) is 0. The largest absolute Gasteiger partial charge is 0.383 e. The molecule has 2 heterocycles. The highest BCUT2D eigenvalue weighted by molar-refractivity contribution is 5.49. The molecule has 0 bridgehead atoms. The number of aromatic amines is 1. The van der Waals surface area contributed by atoms with Crippen molar-refractivity contribution in [1.82, 2.24) is 19.9 Å². The van der Waals surface area contributed by atoms with Crippen LogP contribution in [-0.4, -0.2) is 19.9 Å². The number of aromatic nitrogens is 4. The number of rotatable bonds is 3. The third-order valence-electron chi connectivity index (χ3n) is 2.06. The topological polar surface area (TPSA) is 119 Å². The molecule has 16 heavy (non-hydrogen) atoms. The highest BCUT2D eigenvalue weighted by atomic mass is 15.1. The lowest BCUT2D eigenvalue weighted by atomic mass is 10.3. The second-order valence-corrected chi connectivity index (χ2v) is 3.38. The van der Waals surface area contributed by atoms with Gasteiger partial charge in [0.15, 0.2) is 0 Å². The molecule has 0 aliphatic carbocycles. The number of nitrogen functional groups attached to an aromatic ring is 2. The van der Waals surface area contributed by atoms with E-state index in [2.05, 4.69) is 25.3 Å². The molecule has 2 aromatic heterocycles. The Kier molecular flexibility index (Phi) is 2.59. The van der Waals surface area contributed by atoms with Crippen LogP contribution in [-0.2, 0) is 0 Å². The first-order chi connectivity index (χ1) is 7.65. The second-order valence-electron chi connectivity index (χ2n) is 3.38. The zero-order valence-electron chi connectivity index (χ0n) is 8.81. The lowest BCUT2D eigenvalue weighted by Gasteiger charge is -2.12. The maximum Gasteiger partial charge on any atom is 0.223 e. The van der Waals surface area contributed by atoms with Crippen LogP contribution in [0.2, 0.25) is 0 Å². The summed E-state index contributed by atoms with van der Waals surface area (Å²) >= 11 is 0. The van der Waals surface area contributed by atoms with E-state index >= 15 is 0 Å². The van der Waals surface area contributed by atoms with E-state index in [1.54, 1.807) is 18.5 Å². The van der Waals surface area contributed by atoms with Gasteiger partial charge in [-0.1, -0.05) is 0 Å². The molecule has 0 saturated heterocycles. The lowest BCUT2D eigenvalue weighted by Crippen LogP contribution is -2.11. The molecule has 0 aliphatic rings. The summed E-state index contributed by atoms with van der Waals surface area (Å²) < 4.78 is 0. The van der Waals surface area contributed by atoms with Gasteiger partial charge in [0, 0.05) is 18.5 Å². The molecular formula is C9H13N7. The van der Waals surface area contributed by atoms with E-state index in [0.29, 0.717) is 11.6 Å². The van der Waals surface area contributed by atoms with Crippen molar-refractivity contribution in [3.8, 4) is 0 Å². The molecule has 0 aliphatic heterocycles. The first-order valence-electron chi connectivity index (χ1n) is 4.81. The smallest absolute Gasteiger partial charge is 0.223 e. The summed E-state index contributed by atoms with van der Waals surface area (Å²) in [6.45, 7) is 1.95. The fourth-order valence-corrected chi connectivity index (χ4v) is 1.36. The SMILES string of the molecule is CC(Nc1cc(N)nc(N)n1)c1ncc[nH]1. The first kappa shape index (κ1) is 10.2. The van der Waals surface area contributed by atoms with Crippen LogP contribution in [0.4, 0.5) is 17.6 Å². The molecule has 1 unspecified atom stereocenters. The number of nitrogens with two attached hydrogens (primary N) is 2. The third kappa shape index (κ3) is 2.19. The van der Waals surface area contributed by atoms with Crippen molar-refractivity contribution >= 4 is 17.6 Å². The fraction of sp³-hybridized carbons (Fsp3) is 0.222. The summed E-state index contributed by atoms with van der Waals surface area (Å²) in [6.07, 6.45) is 3.45. The molecule has 0 amide bonds. The minimum atomic E-state index is -0.0105. The van der Waals surface area contributed by atoms with Gasteiger partial charge in [0.1, 0.15) is 17.5 Å². The highest BCUT2D eigenvalue weighted by Gasteiger charge is 2.08. The number of nitrogens with zero attached hydrogens (tertiary/aromatic N) is 3. The quantitative estimate of drug-likeness (QED) is 0.598. The van der Waals surface area contributed by atoms with E-state index in [1.165, 1.54) is 0 Å². The third-order valence-corrected chi connectivity index (χ3v) is 2.06. The number of anilines is 3. The Morgan fingerprint density at radius 2 is 2.19 bits per heavy atom. The van der Waals surface area contributed by atoms with Gasteiger partial charge < -0.3 is 21.8 Å². The minimum absolute atomic E-state index is 0.0105. The standard InChI is InChI=1S/C9H13N7/c1-5(8-12-2-3-13-8)14-7-4-6(10)15-9(11)16-7/h2-5H,1H3,(H,12,13)(H5,10,11,14,15,16). The van der Waals surface area contributed by atoms with E-state index in [4.69, 9.17) is 11.5 Å². The zero-order chi connectivity index (χ0) is 11.5. The van der Waals surface area contributed by atoms with Crippen molar-refractivity contribution in [2.45, 2.75) is 13.0 Å². The van der Waals surface area contributed by atoms with Crippen molar-refractivity contribution in [3.05, 3.63) is 24.3 Å². The summed E-state index contributed by atoms with van der Waals surface area (Å²) in [6, 6.07) is 1.61. The van der Waals surface area contributed by atoms with E-state index < -0.39 is 0 Å². The molecule has 2 rings (SSSR count). The van der Waals surface area contributed by atoms with Crippen LogP contribution in [0, 0.1) is 0 Å². The summed E-state index contributed by atoms with van der Waals surface area (Å²) in [5.41, 5.74) is 11.0. The van der Waals surface area contributed by atoms with E-state index in [9.17, 15) is 0 Å². The Balaban J connectivity index is 2.15. The van der Waals surface area contributed by atoms with Gasteiger partial charge in [0.25, 0.3) is 0 Å². The van der Waals surface area contributed by atoms with E-state index in [1.807, 2.05) is 6.92 Å². The Bertz CT molecular complexity index is 444. The van der Waals surface area contributed by atoms with Crippen LogP contribution in [0.3, 0.4) is 0 Å². The average Bonchev–Trinajstić information content (AvgIpc) is 2.68. The van der Waals surface area contributed by atoms with Gasteiger partial charge in [0.2, 0.25) is 5.95 Å². The van der Waals surface area contributed by atoms with Crippen LogP contribution < -0.4 is 16.8 Å². The van der Waals surface area contributed by atoms with Gasteiger partial charge in [-0.2, -0.15) is 9.97 Å². The van der Waals surface area contributed by atoms with Crippen LogP contribution >= 0.6 is 0 Å². The minimum Gasteiger partial charge on any atom is -0.383 e. The maximum atomic E-state index is 5.56. The lowest BCUT2D eigenvalue weighted by molar-refractivity contribution is 0.803. The molecule has 0 radical (unpaired) electrons. The summed E-state index contributed by atoms with van der Waals surface area (Å²) in [5.74, 6) is 1.88. The van der Waals surface area contributed by atoms with Gasteiger partial charge in [-0.15, -0.1) is 0 Å². The van der Waals surface area contributed by atoms with Crippen LogP contribution in [0.15, 0.2) is 18.5 Å². The normalized spacial score (nSPS) is 12.3. The van der Waals surface area contributed by atoms with Crippen molar-refractivity contribution in [2.24, 2.45) is 0 Å². The Labute approximate surface area is 92.3 Å². The second kappa shape index (κ2) is 4.05. The molecule has 0 fully saturated rings. The molecule has 7 heteroatoms. The first-order valence-corrected chi connectivity index (χ1v) is 4.81. The predicted octanol–water partition coefficient (Wildman–Crippen LogP) is 0.537. The zero-order valence-corrected chi connectivity index (χ0v) is 8.81. The van der Waals surface area contributed by atoms with Gasteiger partial charge in [0.05, 0.1) is 6.04 Å². The summed E-state index contributed by atoms with van der Waals surface area (Å²) in [4.78, 5) is 14.9. The Hall–Kier alpha value is -2.31. The molecule has 0 aromatic carbocycles. The number of nitrogens with one attached hydrogen (secondary N) is 2. The van der Waals surface area contributed by atoms with Crippen LogP contribution in [0.1, 0.15) is 18.8 Å².